The van der Waals surface area contributed by atoms with Gasteiger partial charge in [0.05, 0.1) is 5.56 Å². The normalized spacial score (nSPS) is 10.7. The van der Waals surface area contributed by atoms with Gasteiger partial charge in [-0.2, -0.15) is 0 Å². The Labute approximate surface area is 169 Å². The minimum atomic E-state index is -0.234. The van der Waals surface area contributed by atoms with Crippen LogP contribution in [0.25, 0.3) is 0 Å². The summed E-state index contributed by atoms with van der Waals surface area (Å²) < 4.78 is 2.60. The fourth-order valence-electron chi connectivity index (χ4n) is 2.34. The first-order valence-corrected chi connectivity index (χ1v) is 10.1. The van der Waals surface area contributed by atoms with Crippen LogP contribution in [0.15, 0.2) is 58.2 Å². The van der Waals surface area contributed by atoms with E-state index in [1.165, 1.54) is 11.8 Å². The highest BCUT2D eigenvalue weighted by Crippen LogP contribution is 2.27. The van der Waals surface area contributed by atoms with E-state index in [1.54, 1.807) is 6.07 Å². The zero-order valence-corrected chi connectivity index (χ0v) is 17.1. The summed E-state index contributed by atoms with van der Waals surface area (Å²) in [6.45, 7) is 2.63. The van der Waals surface area contributed by atoms with Crippen molar-refractivity contribution in [2.75, 3.05) is 5.32 Å². The van der Waals surface area contributed by atoms with Crippen LogP contribution in [0.4, 0.5) is 5.95 Å². The highest BCUT2D eigenvalue weighted by molar-refractivity contribution is 9.10. The fourth-order valence-corrected chi connectivity index (χ4v) is 4.10. The molecule has 0 aliphatic heterocycles. The summed E-state index contributed by atoms with van der Waals surface area (Å²) in [4.78, 5) is 12.5. The lowest BCUT2D eigenvalue weighted by molar-refractivity contribution is 0.102. The lowest BCUT2D eigenvalue weighted by Gasteiger charge is -2.09. The van der Waals surface area contributed by atoms with Gasteiger partial charge in [0.2, 0.25) is 5.95 Å². The Balaban J connectivity index is 1.75. The SMILES string of the molecule is CCn1c(NC(=O)c2ccccc2Br)nnc1SCc1ccccc1Cl. The maximum atomic E-state index is 12.5. The van der Waals surface area contributed by atoms with Crippen LogP contribution in [-0.2, 0) is 12.3 Å². The minimum Gasteiger partial charge on any atom is -0.290 e. The van der Waals surface area contributed by atoms with Gasteiger partial charge >= 0.3 is 0 Å². The lowest BCUT2D eigenvalue weighted by Crippen LogP contribution is -2.16. The van der Waals surface area contributed by atoms with Gasteiger partial charge in [-0.15, -0.1) is 10.2 Å². The molecule has 26 heavy (non-hydrogen) atoms. The molecule has 0 aliphatic rings. The quantitative estimate of drug-likeness (QED) is 0.519. The van der Waals surface area contributed by atoms with Gasteiger partial charge in [0.1, 0.15) is 0 Å². The Bertz CT molecular complexity index is 931. The number of carbonyl (C=O) groups excluding carboxylic acids is 1. The van der Waals surface area contributed by atoms with E-state index in [4.69, 9.17) is 11.6 Å². The van der Waals surface area contributed by atoms with Gasteiger partial charge in [-0.25, -0.2) is 0 Å². The van der Waals surface area contributed by atoms with Crippen molar-refractivity contribution in [1.82, 2.24) is 14.8 Å². The number of aromatic nitrogens is 3. The van der Waals surface area contributed by atoms with Gasteiger partial charge in [0.15, 0.2) is 5.16 Å². The van der Waals surface area contributed by atoms with Gasteiger partial charge in [0, 0.05) is 21.8 Å². The van der Waals surface area contributed by atoms with E-state index in [2.05, 4.69) is 31.4 Å². The van der Waals surface area contributed by atoms with E-state index in [0.717, 1.165) is 20.2 Å². The second-order valence-corrected chi connectivity index (χ2v) is 7.57. The van der Waals surface area contributed by atoms with Crippen LogP contribution in [0.5, 0.6) is 0 Å². The third-order valence-corrected chi connectivity index (χ3v) is 5.77. The smallest absolute Gasteiger partial charge is 0.259 e. The average molecular weight is 452 g/mol. The predicted molar refractivity (Wildman–Crippen MR) is 109 cm³/mol. The fraction of sp³-hybridized carbons (Fsp3) is 0.167. The van der Waals surface area contributed by atoms with Crippen LogP contribution >= 0.6 is 39.3 Å². The molecule has 0 aliphatic carbocycles. The summed E-state index contributed by atoms with van der Waals surface area (Å²) in [5.74, 6) is 0.868. The Morgan fingerprint density at radius 3 is 2.65 bits per heavy atom. The zero-order valence-electron chi connectivity index (χ0n) is 13.9. The van der Waals surface area contributed by atoms with Gasteiger partial charge < -0.3 is 0 Å². The molecule has 0 saturated heterocycles. The number of rotatable bonds is 6. The molecule has 2 aromatic carbocycles. The first kappa shape index (κ1) is 18.9. The first-order chi connectivity index (χ1) is 12.6. The maximum Gasteiger partial charge on any atom is 0.259 e. The molecule has 1 heterocycles. The second kappa shape index (κ2) is 8.70. The Morgan fingerprint density at radius 1 is 1.19 bits per heavy atom. The lowest BCUT2D eigenvalue weighted by atomic mass is 10.2. The molecule has 5 nitrogen and oxygen atoms in total. The highest BCUT2D eigenvalue weighted by Gasteiger charge is 2.16. The Hall–Kier alpha value is -1.83. The van der Waals surface area contributed by atoms with E-state index in [-0.39, 0.29) is 5.91 Å². The van der Waals surface area contributed by atoms with Crippen LogP contribution in [0.3, 0.4) is 0 Å². The number of anilines is 1. The van der Waals surface area contributed by atoms with Crippen molar-refractivity contribution < 1.29 is 4.79 Å². The van der Waals surface area contributed by atoms with Gasteiger partial charge in [-0.3, -0.25) is 14.7 Å². The van der Waals surface area contributed by atoms with Crippen LogP contribution in [0.2, 0.25) is 5.02 Å². The van der Waals surface area contributed by atoms with Crippen molar-refractivity contribution in [3.05, 3.63) is 69.2 Å². The monoisotopic (exact) mass is 450 g/mol. The molecule has 0 radical (unpaired) electrons. The number of halogens is 2. The molecule has 0 spiro atoms. The Morgan fingerprint density at radius 2 is 1.92 bits per heavy atom. The third-order valence-electron chi connectivity index (χ3n) is 3.69. The second-order valence-electron chi connectivity index (χ2n) is 5.36. The van der Waals surface area contributed by atoms with Crippen molar-refractivity contribution in [3.8, 4) is 0 Å². The summed E-state index contributed by atoms with van der Waals surface area (Å²) in [5.41, 5.74) is 1.58. The largest absolute Gasteiger partial charge is 0.290 e. The van der Waals surface area contributed by atoms with Gasteiger partial charge in [-0.05, 0) is 46.6 Å². The molecule has 0 unspecified atom stereocenters. The molecular formula is C18H16BrClN4OS. The molecule has 1 amide bonds. The van der Waals surface area contributed by atoms with E-state index < -0.39 is 0 Å². The molecule has 0 atom stereocenters. The molecule has 0 saturated carbocycles. The number of nitrogens with zero attached hydrogens (tertiary/aromatic N) is 3. The summed E-state index contributed by atoms with van der Waals surface area (Å²) in [5, 5.41) is 12.6. The van der Waals surface area contributed by atoms with Gasteiger partial charge in [-0.1, -0.05) is 53.7 Å². The summed E-state index contributed by atoms with van der Waals surface area (Å²) >= 11 is 11.1. The van der Waals surface area contributed by atoms with Crippen molar-refractivity contribution >= 4 is 51.1 Å². The number of benzene rings is 2. The molecule has 134 valence electrons. The average Bonchev–Trinajstić information content (AvgIpc) is 3.02. The molecule has 0 bridgehead atoms. The molecule has 1 N–H and O–H groups in total. The van der Waals surface area contributed by atoms with E-state index >= 15 is 0 Å². The van der Waals surface area contributed by atoms with Crippen LogP contribution < -0.4 is 5.32 Å². The molecule has 3 rings (SSSR count). The van der Waals surface area contributed by atoms with E-state index in [9.17, 15) is 4.79 Å². The standard InChI is InChI=1S/C18H16BrClN4OS/c1-2-24-17(21-16(25)13-8-4-5-9-14(13)19)22-23-18(24)26-11-12-7-3-6-10-15(12)20/h3-10H,2,11H2,1H3,(H,21,22,25). The maximum absolute atomic E-state index is 12.5. The molecule has 0 fully saturated rings. The zero-order chi connectivity index (χ0) is 18.5. The molecular weight excluding hydrogens is 436 g/mol. The first-order valence-electron chi connectivity index (χ1n) is 7.95. The number of nitrogens with one attached hydrogen (secondary N) is 1. The van der Waals surface area contributed by atoms with E-state index in [0.29, 0.717) is 23.8 Å². The van der Waals surface area contributed by atoms with Gasteiger partial charge in [0.25, 0.3) is 5.91 Å². The number of thioether (sulfide) groups is 1. The number of amides is 1. The number of hydrogen-bond acceptors (Lipinski definition) is 4. The third kappa shape index (κ3) is 4.28. The summed E-state index contributed by atoms with van der Waals surface area (Å²) in [7, 11) is 0. The minimum absolute atomic E-state index is 0.234. The van der Waals surface area contributed by atoms with Crippen molar-refractivity contribution in [2.45, 2.75) is 24.4 Å². The molecule has 3 aromatic rings. The van der Waals surface area contributed by atoms with Crippen molar-refractivity contribution in [3.63, 3.8) is 0 Å². The van der Waals surface area contributed by atoms with Crippen LogP contribution in [0.1, 0.15) is 22.8 Å². The number of carbonyl (C=O) groups is 1. The van der Waals surface area contributed by atoms with Crippen molar-refractivity contribution in [1.29, 1.82) is 0 Å². The van der Waals surface area contributed by atoms with Crippen LogP contribution in [0, 0.1) is 0 Å². The summed E-state index contributed by atoms with van der Waals surface area (Å²) in [6, 6.07) is 15.0. The topological polar surface area (TPSA) is 59.8 Å². The Kier molecular flexibility index (Phi) is 6.34. The predicted octanol–water partition coefficient (Wildman–Crippen LogP) is 5.26. The summed E-state index contributed by atoms with van der Waals surface area (Å²) in [6.07, 6.45) is 0. The molecule has 8 heteroatoms. The van der Waals surface area contributed by atoms with Crippen molar-refractivity contribution in [2.24, 2.45) is 0 Å². The highest BCUT2D eigenvalue weighted by atomic mass is 79.9. The molecule has 1 aromatic heterocycles. The number of hydrogen-bond donors (Lipinski definition) is 1. The van der Waals surface area contributed by atoms with Crippen LogP contribution in [-0.4, -0.2) is 20.7 Å². The van der Waals surface area contributed by atoms with E-state index in [1.807, 2.05) is 54.0 Å².